The van der Waals surface area contributed by atoms with Gasteiger partial charge in [0.05, 0.1) is 34.7 Å². The molecule has 0 aliphatic rings. The number of carboxylic acid groups (broad SMARTS) is 2. The Kier molecular flexibility index (Phi) is 26.6. The zero-order chi connectivity index (χ0) is 46.2. The average Bonchev–Trinajstić information content (AvgIpc) is 3.23. The molecule has 0 unspecified atom stereocenters. The molecule has 0 saturated heterocycles. The number of carbonyl (C=O) groups is 2. The predicted octanol–water partition coefficient (Wildman–Crippen LogP) is 11.3. The molecule has 4 rings (SSSR count). The van der Waals surface area contributed by atoms with Crippen LogP contribution in [0.4, 0.5) is 11.4 Å². The Balaban J connectivity index is 0.000000532. The molecule has 0 fully saturated rings. The van der Waals surface area contributed by atoms with Crippen LogP contribution in [0.5, 0.6) is 23.0 Å². The second kappa shape index (κ2) is 30.0. The third-order valence-electron chi connectivity index (χ3n) is 10.9. The van der Waals surface area contributed by atoms with Crippen molar-refractivity contribution < 1.29 is 56.7 Å². The molecule has 4 N–H and O–H groups in total. The maximum Gasteiger partial charge on any atom is 2.00 e. The number of hydrogen-bond acceptors (Lipinski definition) is 10. The van der Waals surface area contributed by atoms with E-state index in [2.05, 4.69) is 77.9 Å². The standard InChI is InChI=1S/C30H44N2.2C11H14O4.Ni/c1-7-9-11-12-13-14-16-30(32-28-20-18-24(4)26(6)22-28)29(15-10-8-2)31-27-19-17-23(3)25(5)21-27;2*1-2-3-4-7-5-6-8(12)10(13)9(7)11(14)15;/h17-22H,7-16H2,1-6H3;2*5-6,12-13H,2-4H2,1H3,(H,14,15);/q;;;+2/p-2. The predicted molar refractivity (Wildman–Crippen MR) is 249 cm³/mol. The van der Waals surface area contributed by atoms with Gasteiger partial charge < -0.3 is 40.2 Å². The number of aliphatic imine (C=N–C) groups is 2. The number of phenolic OH excluding ortho intramolecular Hbond substituents is 2. The Bertz CT molecular complexity index is 2040. The summed E-state index contributed by atoms with van der Waals surface area (Å²) in [6, 6.07) is 18.6. The molecule has 0 saturated carbocycles. The minimum Gasteiger partial charge on any atom is -0.545 e. The molecule has 0 radical (unpaired) electrons. The second-order valence-corrected chi connectivity index (χ2v) is 16.0. The van der Waals surface area contributed by atoms with Crippen LogP contribution in [0, 0.1) is 27.7 Å². The SMILES string of the molecule is CCCCCCCCC(=Nc1ccc(C)c(C)c1)C(CCCC)=Nc1ccc(C)c(C)c1.CCCCc1ccc(O)c(O)c1C(=O)[O-].CCCCc1ccc(O)c(O)c1C(=O)[O-].[Ni+2]. The molecule has 63 heavy (non-hydrogen) atoms. The maximum absolute atomic E-state index is 10.8. The molecule has 4 aromatic rings. The monoisotopic (exact) mass is 908 g/mol. The molecule has 0 aliphatic heterocycles. The molecule has 0 amide bonds. The van der Waals surface area contributed by atoms with Gasteiger partial charge in [0, 0.05) is 11.1 Å². The number of aromatic carboxylic acids is 2. The molecule has 10 nitrogen and oxygen atoms in total. The summed E-state index contributed by atoms with van der Waals surface area (Å²) >= 11 is 0. The van der Waals surface area contributed by atoms with E-state index in [1.54, 1.807) is 0 Å². The average molecular weight is 910 g/mol. The van der Waals surface area contributed by atoms with Gasteiger partial charge in [0.25, 0.3) is 0 Å². The maximum atomic E-state index is 10.8. The topological polar surface area (TPSA) is 186 Å². The first-order chi connectivity index (χ1) is 29.6. The Morgan fingerprint density at radius 2 is 0.841 bits per heavy atom. The van der Waals surface area contributed by atoms with Gasteiger partial charge in [-0.05, 0) is 149 Å². The van der Waals surface area contributed by atoms with E-state index in [1.807, 2.05) is 13.8 Å². The van der Waals surface area contributed by atoms with Gasteiger partial charge >= 0.3 is 16.5 Å². The van der Waals surface area contributed by atoms with Crippen molar-refractivity contribution in [2.24, 2.45) is 9.98 Å². The Morgan fingerprint density at radius 3 is 1.21 bits per heavy atom. The van der Waals surface area contributed by atoms with Gasteiger partial charge in [0.1, 0.15) is 0 Å². The van der Waals surface area contributed by atoms with Crippen LogP contribution in [-0.2, 0) is 29.3 Å². The van der Waals surface area contributed by atoms with E-state index >= 15 is 0 Å². The first kappa shape index (κ1) is 55.9. The molecule has 0 aromatic heterocycles. The zero-order valence-electron chi connectivity index (χ0n) is 38.7. The molecule has 0 bridgehead atoms. The van der Waals surface area contributed by atoms with Gasteiger partial charge in [-0.25, -0.2) is 0 Å². The van der Waals surface area contributed by atoms with Crippen LogP contribution in [-0.4, -0.2) is 43.8 Å². The molecule has 0 aliphatic carbocycles. The molecule has 0 spiro atoms. The Labute approximate surface area is 386 Å². The summed E-state index contributed by atoms with van der Waals surface area (Å²) in [5, 5.41) is 58.6. The minimum atomic E-state index is -1.46. The first-order valence-electron chi connectivity index (χ1n) is 22.4. The van der Waals surface area contributed by atoms with Crippen molar-refractivity contribution in [2.45, 2.75) is 158 Å². The third kappa shape index (κ3) is 19.0. The van der Waals surface area contributed by atoms with Gasteiger partial charge in [-0.1, -0.05) is 103 Å². The van der Waals surface area contributed by atoms with Crippen molar-refractivity contribution in [3.63, 3.8) is 0 Å². The van der Waals surface area contributed by atoms with Crippen LogP contribution < -0.4 is 10.2 Å². The van der Waals surface area contributed by atoms with Crippen molar-refractivity contribution in [3.8, 4) is 23.0 Å². The summed E-state index contributed by atoms with van der Waals surface area (Å²) in [6.45, 7) is 17.2. The first-order valence-corrected chi connectivity index (χ1v) is 22.4. The van der Waals surface area contributed by atoms with Gasteiger partial charge in [-0.15, -0.1) is 0 Å². The number of aryl methyl sites for hydroxylation is 6. The fourth-order valence-electron chi connectivity index (χ4n) is 6.70. The van der Waals surface area contributed by atoms with Gasteiger partial charge in [0.15, 0.2) is 23.0 Å². The number of rotatable bonds is 21. The van der Waals surface area contributed by atoms with E-state index in [0.717, 1.165) is 56.3 Å². The van der Waals surface area contributed by atoms with E-state index in [1.165, 1.54) is 103 Å². The van der Waals surface area contributed by atoms with Crippen LogP contribution in [0.25, 0.3) is 0 Å². The minimum absolute atomic E-state index is 0. The Morgan fingerprint density at radius 1 is 0.476 bits per heavy atom. The molecule has 346 valence electrons. The molecular formula is C52H70N2NiO8. The number of phenols is 4. The van der Waals surface area contributed by atoms with E-state index < -0.39 is 34.9 Å². The number of hydrogen-bond donors (Lipinski definition) is 4. The largest absolute Gasteiger partial charge is 2.00 e. The van der Waals surface area contributed by atoms with Crippen molar-refractivity contribution in [1.82, 2.24) is 0 Å². The fraction of sp³-hybridized carbons (Fsp3) is 0.462. The second-order valence-electron chi connectivity index (χ2n) is 16.0. The number of unbranched alkanes of at least 4 members (excludes halogenated alkanes) is 8. The molecule has 11 heteroatoms. The molecule has 0 atom stereocenters. The quantitative estimate of drug-likeness (QED) is 0.0275. The number of benzene rings is 4. The summed E-state index contributed by atoms with van der Waals surface area (Å²) in [7, 11) is 0. The number of carboxylic acids is 2. The normalized spacial score (nSPS) is 11.2. The van der Waals surface area contributed by atoms with Crippen LogP contribution >= 0.6 is 0 Å². The summed E-state index contributed by atoms with van der Waals surface area (Å²) in [5.41, 5.74) is 10.1. The van der Waals surface area contributed by atoms with Gasteiger partial charge in [-0.2, -0.15) is 0 Å². The third-order valence-corrected chi connectivity index (χ3v) is 10.9. The number of nitrogens with zero attached hydrogens (tertiary/aromatic N) is 2. The van der Waals surface area contributed by atoms with Crippen LogP contribution in [0.3, 0.4) is 0 Å². The van der Waals surface area contributed by atoms with E-state index in [-0.39, 0.29) is 27.6 Å². The van der Waals surface area contributed by atoms with Crippen LogP contribution in [0.1, 0.15) is 172 Å². The van der Waals surface area contributed by atoms with Gasteiger partial charge in [0.2, 0.25) is 0 Å². The summed E-state index contributed by atoms with van der Waals surface area (Å²) in [4.78, 5) is 31.9. The molecular weight excluding hydrogens is 839 g/mol. The fourth-order valence-corrected chi connectivity index (χ4v) is 6.70. The van der Waals surface area contributed by atoms with Crippen molar-refractivity contribution in [1.29, 1.82) is 0 Å². The molecule has 0 heterocycles. The van der Waals surface area contributed by atoms with Gasteiger partial charge in [-0.3, -0.25) is 9.98 Å². The number of aromatic hydroxyl groups is 4. The van der Waals surface area contributed by atoms with E-state index in [4.69, 9.17) is 20.2 Å². The van der Waals surface area contributed by atoms with E-state index in [9.17, 15) is 30.0 Å². The number of carbonyl (C=O) groups excluding carboxylic acids is 2. The summed E-state index contributed by atoms with van der Waals surface area (Å²) in [6.07, 6.45) is 16.7. The zero-order valence-corrected chi connectivity index (χ0v) is 39.7. The van der Waals surface area contributed by atoms with Crippen LogP contribution in [0.15, 0.2) is 70.6 Å². The van der Waals surface area contributed by atoms with Crippen molar-refractivity contribution >= 4 is 34.7 Å². The summed E-state index contributed by atoms with van der Waals surface area (Å²) < 4.78 is 0. The summed E-state index contributed by atoms with van der Waals surface area (Å²) in [5.74, 6) is -5.01. The van der Waals surface area contributed by atoms with Crippen molar-refractivity contribution in [3.05, 3.63) is 105 Å². The smallest absolute Gasteiger partial charge is 0.545 e. The molecule has 4 aromatic carbocycles. The van der Waals surface area contributed by atoms with Crippen LogP contribution in [0.2, 0.25) is 0 Å². The van der Waals surface area contributed by atoms with Crippen molar-refractivity contribution in [2.75, 3.05) is 0 Å². The van der Waals surface area contributed by atoms with E-state index in [0.29, 0.717) is 24.0 Å². The Hall–Kier alpha value is -5.15.